The molecule has 2 rings (SSSR count). The molecule has 0 atom stereocenters. The first-order valence-electron chi connectivity index (χ1n) is 10.5. The molecule has 30 heavy (non-hydrogen) atoms. The SMILES string of the molecule is C=Cc1ccc(Oc2ccc(CC)c(/C=C(/O)CC)c2)cc1/C=C(\C)OCNCC. The number of aryl methyl sites for hydroxylation is 1. The van der Waals surface area contributed by atoms with Crippen molar-refractivity contribution in [1.82, 2.24) is 5.32 Å². The summed E-state index contributed by atoms with van der Waals surface area (Å²) in [4.78, 5) is 0. The first-order valence-corrected chi connectivity index (χ1v) is 10.5. The van der Waals surface area contributed by atoms with Gasteiger partial charge < -0.3 is 14.6 Å². The normalized spacial score (nSPS) is 12.0. The summed E-state index contributed by atoms with van der Waals surface area (Å²) >= 11 is 0. The van der Waals surface area contributed by atoms with E-state index in [1.807, 2.05) is 75.4 Å². The van der Waals surface area contributed by atoms with Crippen LogP contribution < -0.4 is 10.1 Å². The van der Waals surface area contributed by atoms with E-state index in [1.165, 1.54) is 5.56 Å². The second-order valence-corrected chi connectivity index (χ2v) is 6.95. The molecule has 0 bridgehead atoms. The van der Waals surface area contributed by atoms with Crippen LogP contribution in [0.1, 0.15) is 56.4 Å². The molecule has 2 aromatic rings. The number of allylic oxidation sites excluding steroid dienone is 2. The minimum Gasteiger partial charge on any atom is -0.512 e. The molecule has 0 fully saturated rings. The Morgan fingerprint density at radius 3 is 2.33 bits per heavy atom. The van der Waals surface area contributed by atoms with Crippen molar-refractivity contribution < 1.29 is 14.6 Å². The molecule has 0 aliphatic heterocycles. The molecule has 0 amide bonds. The monoisotopic (exact) mass is 407 g/mol. The van der Waals surface area contributed by atoms with Crippen molar-refractivity contribution in [2.75, 3.05) is 13.3 Å². The van der Waals surface area contributed by atoms with Crippen molar-refractivity contribution in [2.45, 2.75) is 40.5 Å². The van der Waals surface area contributed by atoms with Crippen molar-refractivity contribution in [2.24, 2.45) is 0 Å². The first kappa shape index (κ1) is 23.3. The molecule has 2 aromatic carbocycles. The molecule has 0 saturated heterocycles. The molecule has 2 N–H and O–H groups in total. The molecular weight excluding hydrogens is 374 g/mol. The van der Waals surface area contributed by atoms with E-state index in [-0.39, 0.29) is 0 Å². The molecule has 0 radical (unpaired) electrons. The molecular formula is C26H33NO3. The second-order valence-electron chi connectivity index (χ2n) is 6.95. The molecule has 4 heteroatoms. The maximum atomic E-state index is 9.96. The lowest BCUT2D eigenvalue weighted by atomic mass is 10.0. The largest absolute Gasteiger partial charge is 0.512 e. The van der Waals surface area contributed by atoms with Crippen LogP contribution in [-0.2, 0) is 11.2 Å². The third-order valence-corrected chi connectivity index (χ3v) is 4.71. The summed E-state index contributed by atoms with van der Waals surface area (Å²) in [5.74, 6) is 2.62. The summed E-state index contributed by atoms with van der Waals surface area (Å²) in [7, 11) is 0. The van der Waals surface area contributed by atoms with Gasteiger partial charge in [0.2, 0.25) is 0 Å². The Labute approximate surface area is 180 Å². The van der Waals surface area contributed by atoms with Crippen LogP contribution in [0.5, 0.6) is 11.5 Å². The van der Waals surface area contributed by atoms with Crippen LogP contribution in [0.15, 0.2) is 54.5 Å². The van der Waals surface area contributed by atoms with Crippen molar-refractivity contribution in [3.8, 4) is 11.5 Å². The quantitative estimate of drug-likeness (QED) is 0.241. The number of hydrogen-bond acceptors (Lipinski definition) is 4. The number of benzene rings is 2. The standard InChI is InChI=1S/C26H33NO3/c1-6-20-10-12-25(16-22(20)14-19(5)29-18-27-9-4)30-26-13-11-21(7-2)23(17-26)15-24(28)8-3/h6,10-17,27-28H,1,7-9,18H2,2-5H3/b19-14+,24-15+. The predicted octanol–water partition coefficient (Wildman–Crippen LogP) is 6.94. The number of aliphatic hydroxyl groups is 1. The summed E-state index contributed by atoms with van der Waals surface area (Å²) in [6, 6.07) is 11.9. The highest BCUT2D eigenvalue weighted by Gasteiger charge is 2.06. The molecule has 4 nitrogen and oxygen atoms in total. The van der Waals surface area contributed by atoms with Gasteiger partial charge in [0.15, 0.2) is 0 Å². The molecule has 0 aromatic heterocycles. The second kappa shape index (κ2) is 11.9. The van der Waals surface area contributed by atoms with Gasteiger partial charge in [0.1, 0.15) is 18.2 Å². The third kappa shape index (κ3) is 6.82. The van der Waals surface area contributed by atoms with Crippen LogP contribution in [0.3, 0.4) is 0 Å². The fraction of sp³-hybridized carbons (Fsp3) is 0.308. The van der Waals surface area contributed by atoms with Crippen molar-refractivity contribution in [3.63, 3.8) is 0 Å². The average molecular weight is 408 g/mol. The Kier molecular flexibility index (Phi) is 9.23. The molecule has 160 valence electrons. The van der Waals surface area contributed by atoms with Crippen LogP contribution >= 0.6 is 0 Å². The Balaban J connectivity index is 2.29. The fourth-order valence-corrected chi connectivity index (χ4v) is 2.97. The number of ether oxygens (including phenoxy) is 2. The van der Waals surface area contributed by atoms with E-state index >= 15 is 0 Å². The fourth-order valence-electron chi connectivity index (χ4n) is 2.97. The summed E-state index contributed by atoms with van der Waals surface area (Å²) < 4.78 is 11.8. The van der Waals surface area contributed by atoms with E-state index in [4.69, 9.17) is 9.47 Å². The molecule has 0 saturated carbocycles. The topological polar surface area (TPSA) is 50.7 Å². The zero-order valence-electron chi connectivity index (χ0n) is 18.5. The van der Waals surface area contributed by atoms with Gasteiger partial charge in [-0.05, 0) is 78.6 Å². The summed E-state index contributed by atoms with van der Waals surface area (Å²) in [6.45, 7) is 13.2. The van der Waals surface area contributed by atoms with Crippen LogP contribution in [-0.4, -0.2) is 18.4 Å². The molecule has 0 unspecified atom stereocenters. The van der Waals surface area contributed by atoms with Gasteiger partial charge in [-0.2, -0.15) is 0 Å². The summed E-state index contributed by atoms with van der Waals surface area (Å²) in [5.41, 5.74) is 4.13. The highest BCUT2D eigenvalue weighted by atomic mass is 16.5. The predicted molar refractivity (Wildman–Crippen MR) is 127 cm³/mol. The van der Waals surface area contributed by atoms with E-state index in [1.54, 1.807) is 0 Å². The van der Waals surface area contributed by atoms with Gasteiger partial charge in [-0.15, -0.1) is 0 Å². The van der Waals surface area contributed by atoms with Crippen LogP contribution in [0.4, 0.5) is 0 Å². The van der Waals surface area contributed by atoms with Gasteiger partial charge in [0.25, 0.3) is 0 Å². The number of rotatable bonds is 11. The lowest BCUT2D eigenvalue weighted by Crippen LogP contribution is -2.16. The summed E-state index contributed by atoms with van der Waals surface area (Å²) in [5, 5.41) is 13.1. The van der Waals surface area contributed by atoms with Gasteiger partial charge in [-0.1, -0.05) is 45.6 Å². The lowest BCUT2D eigenvalue weighted by molar-refractivity contribution is 0.195. The Morgan fingerprint density at radius 1 is 1.00 bits per heavy atom. The Morgan fingerprint density at radius 2 is 1.70 bits per heavy atom. The van der Waals surface area contributed by atoms with E-state index in [9.17, 15) is 5.11 Å². The summed E-state index contributed by atoms with van der Waals surface area (Å²) in [6.07, 6.45) is 7.10. The van der Waals surface area contributed by atoms with E-state index in [2.05, 4.69) is 18.8 Å². The maximum absolute atomic E-state index is 9.96. The lowest BCUT2D eigenvalue weighted by Gasteiger charge is -2.12. The van der Waals surface area contributed by atoms with Gasteiger partial charge in [0.05, 0.1) is 11.5 Å². The smallest absolute Gasteiger partial charge is 0.139 e. The molecule has 0 aliphatic rings. The molecule has 0 heterocycles. The third-order valence-electron chi connectivity index (χ3n) is 4.71. The first-order chi connectivity index (χ1) is 14.5. The van der Waals surface area contributed by atoms with Crippen LogP contribution in [0, 0.1) is 0 Å². The van der Waals surface area contributed by atoms with E-state index < -0.39 is 0 Å². The number of aliphatic hydroxyl groups excluding tert-OH is 1. The van der Waals surface area contributed by atoms with Crippen LogP contribution in [0.25, 0.3) is 18.2 Å². The number of nitrogens with one attached hydrogen (secondary N) is 1. The highest BCUT2D eigenvalue weighted by Crippen LogP contribution is 2.28. The van der Waals surface area contributed by atoms with Gasteiger partial charge in [-0.3, -0.25) is 5.32 Å². The number of hydrogen-bond donors (Lipinski definition) is 2. The van der Waals surface area contributed by atoms with E-state index in [0.717, 1.165) is 46.9 Å². The zero-order chi connectivity index (χ0) is 21.9. The Hall–Kier alpha value is -2.98. The van der Waals surface area contributed by atoms with Gasteiger partial charge in [-0.25, -0.2) is 0 Å². The molecule has 0 aliphatic carbocycles. The molecule has 0 spiro atoms. The minimum absolute atomic E-state index is 0.359. The zero-order valence-corrected chi connectivity index (χ0v) is 18.5. The van der Waals surface area contributed by atoms with Gasteiger partial charge in [0, 0.05) is 6.42 Å². The van der Waals surface area contributed by atoms with Crippen molar-refractivity contribution >= 4 is 18.2 Å². The van der Waals surface area contributed by atoms with E-state index in [0.29, 0.717) is 18.9 Å². The highest BCUT2D eigenvalue weighted by molar-refractivity contribution is 5.67. The van der Waals surface area contributed by atoms with Crippen molar-refractivity contribution in [1.29, 1.82) is 0 Å². The van der Waals surface area contributed by atoms with Crippen molar-refractivity contribution in [3.05, 3.63) is 76.7 Å². The maximum Gasteiger partial charge on any atom is 0.139 e. The van der Waals surface area contributed by atoms with Crippen LogP contribution in [0.2, 0.25) is 0 Å². The average Bonchev–Trinajstić information content (AvgIpc) is 2.74. The minimum atomic E-state index is 0.359. The Bertz CT molecular complexity index is 912. The van der Waals surface area contributed by atoms with Gasteiger partial charge >= 0.3 is 0 Å².